The van der Waals surface area contributed by atoms with E-state index >= 15 is 0 Å². The van der Waals surface area contributed by atoms with E-state index in [4.69, 9.17) is 16.3 Å². The largest absolute Gasteiger partial charge is 0.492 e. The second-order valence-electron chi connectivity index (χ2n) is 3.97. The molecule has 1 aromatic heterocycles. The Morgan fingerprint density at radius 2 is 2.14 bits per heavy atom. The Kier molecular flexibility index (Phi) is 4.64. The van der Waals surface area contributed by atoms with Gasteiger partial charge in [-0.2, -0.15) is 8.42 Å². The lowest BCUT2D eigenvalue weighted by Gasteiger charge is -2.13. The minimum atomic E-state index is -4.18. The van der Waals surface area contributed by atoms with Gasteiger partial charge in [-0.1, -0.05) is 11.6 Å². The number of nitrogens with one attached hydrogen (secondary N) is 1. The fraction of sp³-hybridized carbons (Fsp3) is 0.154. The third-order valence-corrected chi connectivity index (χ3v) is 4.00. The van der Waals surface area contributed by atoms with Crippen LogP contribution < -0.4 is 9.46 Å². The van der Waals surface area contributed by atoms with E-state index in [9.17, 15) is 12.8 Å². The van der Waals surface area contributed by atoms with Gasteiger partial charge in [-0.3, -0.25) is 4.72 Å². The molecule has 0 aliphatic rings. The van der Waals surface area contributed by atoms with Gasteiger partial charge in [0.2, 0.25) is 5.03 Å². The molecule has 21 heavy (non-hydrogen) atoms. The highest BCUT2D eigenvalue weighted by Gasteiger charge is 2.22. The predicted octanol–water partition coefficient (Wildman–Crippen LogP) is 3.07. The van der Waals surface area contributed by atoms with Gasteiger partial charge < -0.3 is 4.74 Å². The van der Waals surface area contributed by atoms with E-state index in [0.29, 0.717) is 17.4 Å². The summed E-state index contributed by atoms with van der Waals surface area (Å²) in [5, 5.41) is -0.370. The Bertz CT molecular complexity index is 753. The molecule has 112 valence electrons. The molecule has 1 N–H and O–H groups in total. The van der Waals surface area contributed by atoms with Crippen molar-refractivity contribution in [2.24, 2.45) is 0 Å². The molecule has 0 aliphatic carbocycles. The Hall–Kier alpha value is -1.86. The van der Waals surface area contributed by atoms with Crippen molar-refractivity contribution in [1.29, 1.82) is 0 Å². The Morgan fingerprint density at radius 1 is 1.38 bits per heavy atom. The summed E-state index contributed by atoms with van der Waals surface area (Å²) in [7, 11) is -4.18. The maximum atomic E-state index is 13.6. The molecule has 0 saturated carbocycles. The summed E-state index contributed by atoms with van der Waals surface area (Å²) in [5.41, 5.74) is 0.120. The van der Waals surface area contributed by atoms with Crippen LogP contribution in [0.3, 0.4) is 0 Å². The topological polar surface area (TPSA) is 68.3 Å². The van der Waals surface area contributed by atoms with Crippen molar-refractivity contribution in [3.63, 3.8) is 0 Å². The van der Waals surface area contributed by atoms with Crippen LogP contribution in [0.15, 0.2) is 41.6 Å². The molecule has 0 fully saturated rings. The summed E-state index contributed by atoms with van der Waals surface area (Å²) in [6, 6.07) is 6.79. The van der Waals surface area contributed by atoms with E-state index in [1.165, 1.54) is 24.4 Å². The van der Waals surface area contributed by atoms with E-state index in [2.05, 4.69) is 9.71 Å². The van der Waals surface area contributed by atoms with Crippen LogP contribution in [0.1, 0.15) is 6.92 Å². The molecule has 0 radical (unpaired) electrons. The average Bonchev–Trinajstić information content (AvgIpc) is 2.42. The maximum absolute atomic E-state index is 13.6. The Morgan fingerprint density at radius 3 is 2.81 bits per heavy atom. The number of anilines is 1. The van der Waals surface area contributed by atoms with Crippen LogP contribution in [-0.4, -0.2) is 20.0 Å². The highest BCUT2D eigenvalue weighted by Crippen LogP contribution is 2.30. The summed E-state index contributed by atoms with van der Waals surface area (Å²) >= 11 is 5.84. The summed E-state index contributed by atoms with van der Waals surface area (Å²) in [6.45, 7) is 2.10. The van der Waals surface area contributed by atoms with Gasteiger partial charge >= 0.3 is 0 Å². The van der Waals surface area contributed by atoms with E-state index < -0.39 is 20.9 Å². The molecule has 2 rings (SSSR count). The van der Waals surface area contributed by atoms with Gasteiger partial charge in [-0.15, -0.1) is 0 Å². The number of hydrogen-bond acceptors (Lipinski definition) is 4. The number of aromatic nitrogens is 1. The zero-order valence-electron chi connectivity index (χ0n) is 11.0. The molecule has 5 nitrogen and oxygen atoms in total. The fourth-order valence-corrected chi connectivity index (χ4v) is 2.87. The molecule has 0 spiro atoms. The highest BCUT2D eigenvalue weighted by atomic mass is 35.5. The smallest absolute Gasteiger partial charge is 0.282 e. The number of rotatable bonds is 5. The molecular formula is C13H12ClFN2O3S. The van der Waals surface area contributed by atoms with E-state index in [1.54, 1.807) is 13.0 Å². The van der Waals surface area contributed by atoms with Crippen LogP contribution in [-0.2, 0) is 10.0 Å². The second-order valence-corrected chi connectivity index (χ2v) is 6.00. The molecule has 1 heterocycles. The molecule has 0 atom stereocenters. The van der Waals surface area contributed by atoms with Gasteiger partial charge in [-0.25, -0.2) is 9.37 Å². The Balaban J connectivity index is 2.41. The third-order valence-electron chi connectivity index (χ3n) is 2.47. The number of sulfonamides is 1. The van der Waals surface area contributed by atoms with Crippen molar-refractivity contribution >= 4 is 27.3 Å². The van der Waals surface area contributed by atoms with Gasteiger partial charge in [0.15, 0.2) is 5.82 Å². The van der Waals surface area contributed by atoms with Crippen molar-refractivity contribution in [2.75, 3.05) is 11.3 Å². The van der Waals surface area contributed by atoms with Crippen molar-refractivity contribution < 1.29 is 17.5 Å². The van der Waals surface area contributed by atoms with Crippen LogP contribution in [0.25, 0.3) is 0 Å². The normalized spacial score (nSPS) is 11.2. The Labute approximate surface area is 126 Å². The first kappa shape index (κ1) is 15.5. The van der Waals surface area contributed by atoms with Crippen molar-refractivity contribution in [1.82, 2.24) is 4.98 Å². The van der Waals surface area contributed by atoms with Gasteiger partial charge in [0, 0.05) is 11.2 Å². The molecule has 0 aliphatic heterocycles. The summed E-state index contributed by atoms with van der Waals surface area (Å²) in [6.07, 6.45) is 1.19. The van der Waals surface area contributed by atoms with Gasteiger partial charge in [0.1, 0.15) is 5.75 Å². The third kappa shape index (κ3) is 3.62. The van der Waals surface area contributed by atoms with Crippen LogP contribution >= 0.6 is 11.6 Å². The van der Waals surface area contributed by atoms with E-state index in [0.717, 1.165) is 6.07 Å². The van der Waals surface area contributed by atoms with Gasteiger partial charge in [0.05, 0.1) is 12.3 Å². The number of ether oxygens (including phenoxy) is 1. The SMILES string of the molecule is CCOc1ccc(Cl)cc1NS(=O)(=O)c1ncccc1F. The minimum Gasteiger partial charge on any atom is -0.492 e. The summed E-state index contributed by atoms with van der Waals surface area (Å²) in [5.74, 6) is -0.646. The molecular weight excluding hydrogens is 319 g/mol. The van der Waals surface area contributed by atoms with Gasteiger partial charge in [0.25, 0.3) is 10.0 Å². The first-order valence-electron chi connectivity index (χ1n) is 5.99. The second kappa shape index (κ2) is 6.28. The molecule has 0 saturated heterocycles. The van der Waals surface area contributed by atoms with Crippen LogP contribution in [0, 0.1) is 5.82 Å². The lowest BCUT2D eigenvalue weighted by Crippen LogP contribution is -2.16. The minimum absolute atomic E-state index is 0.120. The van der Waals surface area contributed by atoms with Gasteiger partial charge in [-0.05, 0) is 37.3 Å². The maximum Gasteiger partial charge on any atom is 0.282 e. The quantitative estimate of drug-likeness (QED) is 0.914. The molecule has 0 amide bonds. The van der Waals surface area contributed by atoms with Crippen LogP contribution in [0.2, 0.25) is 5.02 Å². The molecule has 2 aromatic rings. The molecule has 8 heteroatoms. The summed E-state index contributed by atoms with van der Waals surface area (Å²) in [4.78, 5) is 3.54. The predicted molar refractivity (Wildman–Crippen MR) is 77.6 cm³/mol. The standard InChI is InChI=1S/C13H12ClFN2O3S/c1-2-20-12-6-5-9(14)8-11(12)17-21(18,19)13-10(15)4-3-7-16-13/h3-8,17H,2H2,1H3. The fourth-order valence-electron chi connectivity index (χ4n) is 1.63. The monoisotopic (exact) mass is 330 g/mol. The van der Waals surface area contributed by atoms with Crippen molar-refractivity contribution in [3.8, 4) is 5.75 Å². The first-order chi connectivity index (χ1) is 9.94. The first-order valence-corrected chi connectivity index (χ1v) is 7.86. The van der Waals surface area contributed by atoms with E-state index in [-0.39, 0.29) is 5.69 Å². The molecule has 0 unspecified atom stereocenters. The molecule has 1 aromatic carbocycles. The zero-order chi connectivity index (χ0) is 15.5. The van der Waals surface area contributed by atoms with Crippen molar-refractivity contribution in [2.45, 2.75) is 11.9 Å². The number of benzene rings is 1. The average molecular weight is 331 g/mol. The number of nitrogens with zero attached hydrogens (tertiary/aromatic N) is 1. The lowest BCUT2D eigenvalue weighted by molar-refractivity contribution is 0.342. The van der Waals surface area contributed by atoms with Crippen LogP contribution in [0.5, 0.6) is 5.75 Å². The number of halogens is 2. The van der Waals surface area contributed by atoms with Crippen molar-refractivity contribution in [3.05, 3.63) is 47.4 Å². The number of pyridine rings is 1. The zero-order valence-corrected chi connectivity index (χ0v) is 12.6. The highest BCUT2D eigenvalue weighted by molar-refractivity contribution is 7.92. The summed E-state index contributed by atoms with van der Waals surface area (Å²) < 4.78 is 45.5. The van der Waals surface area contributed by atoms with E-state index in [1.807, 2.05) is 0 Å². The molecule has 0 bridgehead atoms. The number of hydrogen-bond donors (Lipinski definition) is 1. The van der Waals surface area contributed by atoms with Crippen LogP contribution in [0.4, 0.5) is 10.1 Å². The lowest BCUT2D eigenvalue weighted by atomic mass is 10.3.